The average Bonchev–Trinajstić information content (AvgIpc) is 2.26. The van der Waals surface area contributed by atoms with Gasteiger partial charge >= 0.3 is 12.1 Å². The van der Waals surface area contributed by atoms with Crippen LogP contribution in [0.4, 0.5) is 4.79 Å². The van der Waals surface area contributed by atoms with Crippen LogP contribution in [0.25, 0.3) is 0 Å². The van der Waals surface area contributed by atoms with Gasteiger partial charge in [-0.1, -0.05) is 0 Å². The lowest BCUT2D eigenvalue weighted by Gasteiger charge is -2.36. The Bertz CT molecular complexity index is 336. The van der Waals surface area contributed by atoms with Crippen molar-refractivity contribution in [1.29, 1.82) is 0 Å². The normalized spacial score (nSPS) is 23.6. The molecule has 0 aromatic carbocycles. The molecule has 0 bridgehead atoms. The number of carboxylic acids is 1. The molecule has 8 heteroatoms. The van der Waals surface area contributed by atoms with Crippen molar-refractivity contribution >= 4 is 18.0 Å². The van der Waals surface area contributed by atoms with Crippen molar-refractivity contribution in [2.24, 2.45) is 11.7 Å². The van der Waals surface area contributed by atoms with Crippen molar-refractivity contribution in [3.8, 4) is 0 Å². The van der Waals surface area contributed by atoms with Gasteiger partial charge in [-0.2, -0.15) is 0 Å². The molecule has 2 atom stereocenters. The molecule has 1 aliphatic heterocycles. The molecule has 108 valence electrons. The van der Waals surface area contributed by atoms with Crippen molar-refractivity contribution in [1.82, 2.24) is 10.2 Å². The minimum absolute atomic E-state index is 0.00534. The number of piperidine rings is 1. The molecule has 19 heavy (non-hydrogen) atoms. The standard InChI is InChI=1S/C11H19N3O5/c1-19-11(18)13-8-2-7(3-10(16)17)4-14(5-8)6-9(12)15/h7-8H,2-6H2,1H3,(H2,12,15)(H,13,18)(H,16,17). The summed E-state index contributed by atoms with van der Waals surface area (Å²) in [5, 5.41) is 11.5. The first-order valence-corrected chi connectivity index (χ1v) is 5.97. The van der Waals surface area contributed by atoms with Crippen molar-refractivity contribution in [3.05, 3.63) is 0 Å². The van der Waals surface area contributed by atoms with Gasteiger partial charge in [0.05, 0.1) is 13.7 Å². The van der Waals surface area contributed by atoms with Gasteiger partial charge in [0.1, 0.15) is 0 Å². The first-order valence-electron chi connectivity index (χ1n) is 5.97. The monoisotopic (exact) mass is 273 g/mol. The third-order valence-corrected chi connectivity index (χ3v) is 2.96. The molecule has 2 unspecified atom stereocenters. The number of carbonyl (C=O) groups excluding carboxylic acids is 2. The number of carboxylic acid groups (broad SMARTS) is 1. The Morgan fingerprint density at radius 1 is 1.42 bits per heavy atom. The highest BCUT2D eigenvalue weighted by atomic mass is 16.5. The largest absolute Gasteiger partial charge is 0.481 e. The summed E-state index contributed by atoms with van der Waals surface area (Å²) in [7, 11) is 1.26. The third kappa shape index (κ3) is 5.56. The van der Waals surface area contributed by atoms with E-state index in [-0.39, 0.29) is 24.9 Å². The fraction of sp³-hybridized carbons (Fsp3) is 0.727. The molecule has 1 aliphatic rings. The zero-order chi connectivity index (χ0) is 14.4. The Morgan fingerprint density at radius 3 is 2.63 bits per heavy atom. The van der Waals surface area contributed by atoms with E-state index < -0.39 is 18.0 Å². The van der Waals surface area contributed by atoms with Crippen LogP contribution < -0.4 is 11.1 Å². The van der Waals surface area contributed by atoms with Crippen LogP contribution in [0.2, 0.25) is 0 Å². The predicted molar refractivity (Wildman–Crippen MR) is 65.3 cm³/mol. The summed E-state index contributed by atoms with van der Waals surface area (Å²) in [6, 6.07) is -0.245. The minimum Gasteiger partial charge on any atom is -0.481 e. The van der Waals surface area contributed by atoms with Gasteiger partial charge in [-0.15, -0.1) is 0 Å². The molecular formula is C11H19N3O5. The number of hydrogen-bond acceptors (Lipinski definition) is 5. The lowest BCUT2D eigenvalue weighted by Crippen LogP contribution is -2.52. The molecule has 0 aromatic rings. The molecule has 1 fully saturated rings. The van der Waals surface area contributed by atoms with Gasteiger partial charge in [-0.25, -0.2) is 4.79 Å². The van der Waals surface area contributed by atoms with Crippen LogP contribution in [-0.2, 0) is 14.3 Å². The van der Waals surface area contributed by atoms with Crippen molar-refractivity contribution in [2.45, 2.75) is 18.9 Å². The quantitative estimate of drug-likeness (QED) is 0.590. The van der Waals surface area contributed by atoms with E-state index in [1.165, 1.54) is 7.11 Å². The van der Waals surface area contributed by atoms with Crippen LogP contribution in [0.5, 0.6) is 0 Å². The van der Waals surface area contributed by atoms with Gasteiger partial charge in [-0.3, -0.25) is 14.5 Å². The Labute approximate surface area is 110 Å². The van der Waals surface area contributed by atoms with Crippen LogP contribution in [0, 0.1) is 5.92 Å². The summed E-state index contributed by atoms with van der Waals surface area (Å²) < 4.78 is 4.51. The second kappa shape index (κ2) is 6.93. The number of carbonyl (C=O) groups is 3. The summed E-state index contributed by atoms with van der Waals surface area (Å²) >= 11 is 0. The highest BCUT2D eigenvalue weighted by Gasteiger charge is 2.30. The molecule has 4 N–H and O–H groups in total. The maximum absolute atomic E-state index is 11.2. The van der Waals surface area contributed by atoms with Gasteiger partial charge in [0, 0.05) is 25.6 Å². The summed E-state index contributed by atoms with van der Waals surface area (Å²) in [5.41, 5.74) is 5.13. The summed E-state index contributed by atoms with van der Waals surface area (Å²) in [5.74, 6) is -1.51. The van der Waals surface area contributed by atoms with Gasteiger partial charge in [0.15, 0.2) is 0 Å². The van der Waals surface area contributed by atoms with Crippen LogP contribution in [0.15, 0.2) is 0 Å². The van der Waals surface area contributed by atoms with Gasteiger partial charge in [-0.05, 0) is 12.3 Å². The number of nitrogens with one attached hydrogen (secondary N) is 1. The number of ether oxygens (including phenoxy) is 1. The van der Waals surface area contributed by atoms with Gasteiger partial charge in [0.2, 0.25) is 5.91 Å². The van der Waals surface area contributed by atoms with Crippen LogP contribution in [0.3, 0.4) is 0 Å². The van der Waals surface area contributed by atoms with Crippen LogP contribution in [0.1, 0.15) is 12.8 Å². The molecule has 0 saturated carbocycles. The highest BCUT2D eigenvalue weighted by molar-refractivity contribution is 5.76. The number of aliphatic carboxylic acids is 1. The summed E-state index contributed by atoms with van der Waals surface area (Å²) in [6.07, 6.45) is -0.0364. The first-order chi connectivity index (χ1) is 8.90. The molecule has 0 aromatic heterocycles. The van der Waals surface area contributed by atoms with E-state index >= 15 is 0 Å². The highest BCUT2D eigenvalue weighted by Crippen LogP contribution is 2.20. The Kier molecular flexibility index (Phi) is 5.56. The molecule has 1 heterocycles. The van der Waals surface area contributed by atoms with E-state index in [0.717, 1.165) is 0 Å². The third-order valence-electron chi connectivity index (χ3n) is 2.96. The second-order valence-corrected chi connectivity index (χ2v) is 4.69. The van der Waals surface area contributed by atoms with E-state index in [2.05, 4.69) is 10.1 Å². The number of rotatable bonds is 5. The summed E-state index contributed by atoms with van der Waals surface area (Å²) in [4.78, 5) is 34.6. The Balaban J connectivity index is 2.62. The lowest BCUT2D eigenvalue weighted by atomic mass is 9.91. The molecule has 2 amide bonds. The zero-order valence-corrected chi connectivity index (χ0v) is 10.8. The van der Waals surface area contributed by atoms with Crippen molar-refractivity contribution < 1.29 is 24.2 Å². The number of primary amides is 1. The van der Waals surface area contributed by atoms with Crippen molar-refractivity contribution in [2.75, 3.05) is 26.7 Å². The molecule has 0 aliphatic carbocycles. The number of hydrogen-bond donors (Lipinski definition) is 3. The number of likely N-dealkylation sites (tertiary alicyclic amines) is 1. The van der Waals surface area contributed by atoms with E-state index in [0.29, 0.717) is 19.5 Å². The number of alkyl carbamates (subject to hydrolysis) is 1. The topological polar surface area (TPSA) is 122 Å². The SMILES string of the molecule is COC(=O)NC1CC(CC(=O)O)CN(CC(N)=O)C1. The van der Waals surface area contributed by atoms with E-state index in [1.54, 1.807) is 4.90 Å². The Morgan fingerprint density at radius 2 is 2.11 bits per heavy atom. The molecule has 8 nitrogen and oxygen atoms in total. The zero-order valence-electron chi connectivity index (χ0n) is 10.8. The molecular weight excluding hydrogens is 254 g/mol. The van der Waals surface area contributed by atoms with Crippen LogP contribution >= 0.6 is 0 Å². The maximum Gasteiger partial charge on any atom is 0.407 e. The molecule has 1 rings (SSSR count). The van der Waals surface area contributed by atoms with Crippen molar-refractivity contribution in [3.63, 3.8) is 0 Å². The van der Waals surface area contributed by atoms with Crippen LogP contribution in [-0.4, -0.2) is 60.8 Å². The maximum atomic E-state index is 11.2. The number of nitrogens with zero attached hydrogens (tertiary/aromatic N) is 1. The fourth-order valence-electron chi connectivity index (χ4n) is 2.38. The van der Waals surface area contributed by atoms with Gasteiger partial charge in [0.25, 0.3) is 0 Å². The van der Waals surface area contributed by atoms with E-state index in [9.17, 15) is 14.4 Å². The van der Waals surface area contributed by atoms with E-state index in [1.807, 2.05) is 0 Å². The summed E-state index contributed by atoms with van der Waals surface area (Å²) in [6.45, 7) is 0.984. The molecule has 0 radical (unpaired) electrons. The molecule has 1 saturated heterocycles. The minimum atomic E-state index is -0.900. The molecule has 0 spiro atoms. The fourth-order valence-corrected chi connectivity index (χ4v) is 2.38. The first kappa shape index (κ1) is 15.2. The number of nitrogens with two attached hydrogens (primary N) is 1. The number of methoxy groups -OCH3 is 1. The predicted octanol–water partition coefficient (Wildman–Crippen LogP) is -1.01. The smallest absolute Gasteiger partial charge is 0.407 e. The second-order valence-electron chi connectivity index (χ2n) is 4.69. The van der Waals surface area contributed by atoms with Gasteiger partial charge < -0.3 is 20.9 Å². The average molecular weight is 273 g/mol. The lowest BCUT2D eigenvalue weighted by molar-refractivity contribution is -0.138. The van der Waals surface area contributed by atoms with E-state index in [4.69, 9.17) is 10.8 Å². The number of amides is 2. The Hall–Kier alpha value is -1.83.